The highest BCUT2D eigenvalue weighted by atomic mass is 16.5. The first-order valence-electron chi connectivity index (χ1n) is 9.05. The fourth-order valence-corrected chi connectivity index (χ4v) is 2.65. The molecule has 0 bridgehead atoms. The van der Waals surface area contributed by atoms with Gasteiger partial charge in [0.05, 0.1) is 24.9 Å². The lowest BCUT2D eigenvalue weighted by Gasteiger charge is -2.26. The fourth-order valence-electron chi connectivity index (χ4n) is 2.65. The Labute approximate surface area is 141 Å². The zero-order valence-electron chi connectivity index (χ0n) is 15.5. The Kier molecular flexibility index (Phi) is 9.57. The van der Waals surface area contributed by atoms with Gasteiger partial charge in [-0.3, -0.25) is 9.58 Å². The summed E-state index contributed by atoms with van der Waals surface area (Å²) in [6.07, 6.45) is 3.11. The molecule has 0 aliphatic carbocycles. The summed E-state index contributed by atoms with van der Waals surface area (Å²) in [5, 5.41) is 5.73. The van der Waals surface area contributed by atoms with E-state index in [1.54, 1.807) is 0 Å². The molecule has 0 atom stereocenters. The van der Waals surface area contributed by atoms with Gasteiger partial charge in [0.25, 0.3) is 0 Å². The average molecular weight is 319 g/mol. The standard InChI is InChI=1S/C15H21N3O.2C2H6/c1-13-3-4-15-14(11-13)12-16-18(15)6-2-5-17-7-9-19-10-8-17;2*1-2/h3-4,11-12H,2,5-10H2,1H3;2*1-2H3. The lowest BCUT2D eigenvalue weighted by molar-refractivity contribution is 0.0368. The van der Waals surface area contributed by atoms with Crippen LogP contribution in [0.2, 0.25) is 0 Å². The van der Waals surface area contributed by atoms with Gasteiger partial charge < -0.3 is 4.74 Å². The molecule has 4 heteroatoms. The van der Waals surface area contributed by atoms with Crippen LogP contribution in [-0.2, 0) is 11.3 Å². The van der Waals surface area contributed by atoms with Gasteiger partial charge in [-0.2, -0.15) is 5.10 Å². The predicted molar refractivity (Wildman–Crippen MR) is 99.0 cm³/mol. The number of morpholine rings is 1. The molecule has 1 aliphatic rings. The Hall–Kier alpha value is -1.39. The zero-order chi connectivity index (χ0) is 17.1. The summed E-state index contributed by atoms with van der Waals surface area (Å²) >= 11 is 0. The lowest BCUT2D eigenvalue weighted by Crippen LogP contribution is -2.37. The SMILES string of the molecule is CC.CC.Cc1ccc2c(cnn2CCCN2CCOCC2)c1. The van der Waals surface area contributed by atoms with Crippen molar-refractivity contribution >= 4 is 10.9 Å². The van der Waals surface area contributed by atoms with Crippen LogP contribution in [0.15, 0.2) is 24.4 Å². The van der Waals surface area contributed by atoms with Gasteiger partial charge in [-0.05, 0) is 25.5 Å². The average Bonchev–Trinajstić information content (AvgIpc) is 3.01. The van der Waals surface area contributed by atoms with Crippen LogP contribution in [0.4, 0.5) is 0 Å². The molecular weight excluding hydrogens is 286 g/mol. The molecule has 1 fully saturated rings. The molecule has 2 heterocycles. The minimum atomic E-state index is 0.879. The van der Waals surface area contributed by atoms with Crippen molar-refractivity contribution in [3.05, 3.63) is 30.0 Å². The van der Waals surface area contributed by atoms with Crippen LogP contribution in [0.1, 0.15) is 39.7 Å². The Morgan fingerprint density at radius 1 is 1.04 bits per heavy atom. The molecule has 0 N–H and O–H groups in total. The van der Waals surface area contributed by atoms with Crippen molar-refractivity contribution in [3.8, 4) is 0 Å². The highest BCUT2D eigenvalue weighted by Crippen LogP contribution is 2.15. The van der Waals surface area contributed by atoms with Gasteiger partial charge in [0.2, 0.25) is 0 Å². The van der Waals surface area contributed by atoms with E-state index in [-0.39, 0.29) is 0 Å². The molecule has 0 amide bonds. The molecule has 1 aromatic carbocycles. The molecule has 4 nitrogen and oxygen atoms in total. The maximum Gasteiger partial charge on any atom is 0.0682 e. The zero-order valence-corrected chi connectivity index (χ0v) is 15.5. The molecule has 2 aromatic rings. The normalized spacial score (nSPS) is 14.7. The third-order valence-electron chi connectivity index (χ3n) is 3.75. The monoisotopic (exact) mass is 319 g/mol. The van der Waals surface area contributed by atoms with Crippen molar-refractivity contribution < 1.29 is 4.74 Å². The molecule has 0 spiro atoms. The van der Waals surface area contributed by atoms with E-state index >= 15 is 0 Å². The van der Waals surface area contributed by atoms with Crippen molar-refractivity contribution in [2.24, 2.45) is 0 Å². The number of fused-ring (bicyclic) bond motifs is 1. The third kappa shape index (κ3) is 5.96. The Morgan fingerprint density at radius 2 is 1.74 bits per heavy atom. The lowest BCUT2D eigenvalue weighted by atomic mass is 10.2. The van der Waals surface area contributed by atoms with Crippen molar-refractivity contribution in [1.29, 1.82) is 0 Å². The minimum Gasteiger partial charge on any atom is -0.379 e. The van der Waals surface area contributed by atoms with Gasteiger partial charge in [-0.25, -0.2) is 0 Å². The molecule has 0 radical (unpaired) electrons. The number of ether oxygens (including phenoxy) is 1. The van der Waals surface area contributed by atoms with Crippen LogP contribution in [0.3, 0.4) is 0 Å². The quantitative estimate of drug-likeness (QED) is 0.849. The van der Waals surface area contributed by atoms with E-state index in [2.05, 4.69) is 39.8 Å². The summed E-state index contributed by atoms with van der Waals surface area (Å²) in [4.78, 5) is 2.47. The molecule has 130 valence electrons. The van der Waals surface area contributed by atoms with E-state index in [1.807, 2.05) is 33.9 Å². The Balaban J connectivity index is 0.000000615. The Bertz CT molecular complexity index is 545. The number of benzene rings is 1. The predicted octanol–water partition coefficient (Wildman–Crippen LogP) is 4.12. The maximum atomic E-state index is 5.36. The number of nitrogens with zero attached hydrogens (tertiary/aromatic N) is 3. The van der Waals surface area contributed by atoms with Crippen LogP contribution in [0, 0.1) is 6.92 Å². The number of hydrogen-bond donors (Lipinski definition) is 0. The number of hydrogen-bond acceptors (Lipinski definition) is 3. The Morgan fingerprint density at radius 3 is 2.43 bits per heavy atom. The van der Waals surface area contributed by atoms with Crippen LogP contribution in [-0.4, -0.2) is 47.5 Å². The van der Waals surface area contributed by atoms with E-state index in [9.17, 15) is 0 Å². The highest BCUT2D eigenvalue weighted by Gasteiger charge is 2.10. The molecular formula is C19H33N3O. The molecule has 1 saturated heterocycles. The van der Waals surface area contributed by atoms with Gasteiger partial charge >= 0.3 is 0 Å². The molecule has 0 saturated carbocycles. The van der Waals surface area contributed by atoms with E-state index in [4.69, 9.17) is 4.74 Å². The molecule has 0 unspecified atom stereocenters. The van der Waals surface area contributed by atoms with Gasteiger partial charge in [0.1, 0.15) is 0 Å². The fraction of sp³-hybridized carbons (Fsp3) is 0.632. The second-order valence-electron chi connectivity index (χ2n) is 5.24. The molecule has 23 heavy (non-hydrogen) atoms. The van der Waals surface area contributed by atoms with Gasteiger partial charge in [-0.1, -0.05) is 39.3 Å². The van der Waals surface area contributed by atoms with E-state index in [0.29, 0.717) is 0 Å². The summed E-state index contributed by atoms with van der Waals surface area (Å²) in [6.45, 7) is 16.1. The largest absolute Gasteiger partial charge is 0.379 e. The molecule has 1 aromatic heterocycles. The van der Waals surface area contributed by atoms with Gasteiger partial charge in [-0.15, -0.1) is 0 Å². The number of rotatable bonds is 4. The van der Waals surface area contributed by atoms with Gasteiger partial charge in [0.15, 0.2) is 0 Å². The summed E-state index contributed by atoms with van der Waals surface area (Å²) in [6, 6.07) is 6.52. The topological polar surface area (TPSA) is 30.3 Å². The first-order chi connectivity index (χ1) is 11.3. The molecule has 1 aliphatic heterocycles. The van der Waals surface area contributed by atoms with Crippen molar-refractivity contribution in [3.63, 3.8) is 0 Å². The second-order valence-corrected chi connectivity index (χ2v) is 5.24. The summed E-state index contributed by atoms with van der Waals surface area (Å²) in [5.74, 6) is 0. The summed E-state index contributed by atoms with van der Waals surface area (Å²) in [7, 11) is 0. The molecule has 3 rings (SSSR count). The first kappa shape index (κ1) is 19.7. The van der Waals surface area contributed by atoms with E-state index in [0.717, 1.165) is 45.8 Å². The van der Waals surface area contributed by atoms with E-state index in [1.165, 1.54) is 16.5 Å². The van der Waals surface area contributed by atoms with Crippen LogP contribution >= 0.6 is 0 Å². The van der Waals surface area contributed by atoms with Crippen molar-refractivity contribution in [1.82, 2.24) is 14.7 Å². The van der Waals surface area contributed by atoms with Gasteiger partial charge in [0, 0.05) is 31.6 Å². The van der Waals surface area contributed by atoms with Crippen LogP contribution in [0.5, 0.6) is 0 Å². The van der Waals surface area contributed by atoms with Crippen LogP contribution in [0.25, 0.3) is 10.9 Å². The smallest absolute Gasteiger partial charge is 0.0682 e. The van der Waals surface area contributed by atoms with Crippen molar-refractivity contribution in [2.45, 2.75) is 47.6 Å². The third-order valence-corrected chi connectivity index (χ3v) is 3.75. The second kappa shape index (κ2) is 11.2. The number of aryl methyl sites for hydroxylation is 2. The summed E-state index contributed by atoms with van der Waals surface area (Å²) in [5.41, 5.74) is 2.54. The van der Waals surface area contributed by atoms with Crippen LogP contribution < -0.4 is 0 Å². The van der Waals surface area contributed by atoms with E-state index < -0.39 is 0 Å². The first-order valence-corrected chi connectivity index (χ1v) is 9.05. The highest BCUT2D eigenvalue weighted by molar-refractivity contribution is 5.79. The minimum absolute atomic E-state index is 0.879. The maximum absolute atomic E-state index is 5.36. The van der Waals surface area contributed by atoms with Crippen molar-refractivity contribution in [2.75, 3.05) is 32.8 Å². The number of aromatic nitrogens is 2. The summed E-state index contributed by atoms with van der Waals surface area (Å²) < 4.78 is 7.48.